The van der Waals surface area contributed by atoms with E-state index in [1.807, 2.05) is 65.0 Å². The average molecular weight is 410 g/mol. The zero-order valence-corrected chi connectivity index (χ0v) is 18.3. The van der Waals surface area contributed by atoms with E-state index in [-0.39, 0.29) is 30.2 Å². The lowest BCUT2D eigenvalue weighted by Crippen LogP contribution is -2.49. The second kappa shape index (κ2) is 10.6. The molecule has 0 aliphatic rings. The normalized spacial score (nSPS) is 11.7. The third-order valence-electron chi connectivity index (χ3n) is 4.89. The van der Waals surface area contributed by atoms with E-state index in [0.29, 0.717) is 12.0 Å². The fraction of sp³-hybridized carbons (Fsp3) is 0.375. The van der Waals surface area contributed by atoms with Crippen molar-refractivity contribution in [2.24, 2.45) is 5.92 Å². The number of para-hydroxylation sites is 1. The third-order valence-corrected chi connectivity index (χ3v) is 4.89. The molecule has 0 aromatic heterocycles. The van der Waals surface area contributed by atoms with Crippen molar-refractivity contribution < 1.29 is 14.4 Å². The van der Waals surface area contributed by atoms with Gasteiger partial charge in [0.25, 0.3) is 5.91 Å². The van der Waals surface area contributed by atoms with Gasteiger partial charge in [0.05, 0.1) is 6.54 Å². The van der Waals surface area contributed by atoms with Crippen LogP contribution in [0.2, 0.25) is 0 Å². The SMILES string of the molecule is Cc1ccccc1C(=O)N[C@@H](CC(C)C)C(=O)NCC(=O)Nc1c(C)cccc1C. The number of hydrogen-bond donors (Lipinski definition) is 3. The van der Waals surface area contributed by atoms with E-state index < -0.39 is 6.04 Å². The van der Waals surface area contributed by atoms with E-state index in [2.05, 4.69) is 16.0 Å². The monoisotopic (exact) mass is 409 g/mol. The lowest BCUT2D eigenvalue weighted by Gasteiger charge is -2.21. The molecule has 6 heteroatoms. The van der Waals surface area contributed by atoms with Crippen LogP contribution in [0, 0.1) is 26.7 Å². The molecule has 3 N–H and O–H groups in total. The quantitative estimate of drug-likeness (QED) is 0.623. The van der Waals surface area contributed by atoms with Crippen molar-refractivity contribution in [1.82, 2.24) is 10.6 Å². The van der Waals surface area contributed by atoms with Gasteiger partial charge in [-0.2, -0.15) is 0 Å². The number of nitrogens with one attached hydrogen (secondary N) is 3. The van der Waals surface area contributed by atoms with Gasteiger partial charge in [-0.3, -0.25) is 14.4 Å². The third kappa shape index (κ3) is 6.44. The summed E-state index contributed by atoms with van der Waals surface area (Å²) in [5.41, 5.74) is 4.04. The van der Waals surface area contributed by atoms with Crippen LogP contribution in [-0.2, 0) is 9.59 Å². The van der Waals surface area contributed by atoms with Crippen LogP contribution in [0.4, 0.5) is 5.69 Å². The number of benzene rings is 2. The first-order valence-electron chi connectivity index (χ1n) is 10.2. The molecule has 2 rings (SSSR count). The van der Waals surface area contributed by atoms with Gasteiger partial charge in [-0.25, -0.2) is 0 Å². The molecule has 1 atom stereocenters. The fourth-order valence-electron chi connectivity index (χ4n) is 3.25. The van der Waals surface area contributed by atoms with Crippen LogP contribution in [0.3, 0.4) is 0 Å². The summed E-state index contributed by atoms with van der Waals surface area (Å²) in [6, 6.07) is 12.3. The Hall–Kier alpha value is -3.15. The maximum absolute atomic E-state index is 12.7. The highest BCUT2D eigenvalue weighted by atomic mass is 16.2. The number of rotatable bonds is 8. The van der Waals surface area contributed by atoms with Gasteiger partial charge < -0.3 is 16.0 Å². The molecule has 0 heterocycles. The van der Waals surface area contributed by atoms with Crippen molar-refractivity contribution in [1.29, 1.82) is 0 Å². The van der Waals surface area contributed by atoms with E-state index in [1.54, 1.807) is 12.1 Å². The molecule has 0 radical (unpaired) electrons. The summed E-state index contributed by atoms with van der Waals surface area (Å²) in [5.74, 6) is -0.785. The van der Waals surface area contributed by atoms with Gasteiger partial charge >= 0.3 is 0 Å². The Balaban J connectivity index is 2.00. The Kier molecular flexibility index (Phi) is 8.16. The summed E-state index contributed by atoms with van der Waals surface area (Å²) in [5, 5.41) is 8.31. The Labute approximate surface area is 178 Å². The van der Waals surface area contributed by atoms with Crippen molar-refractivity contribution >= 4 is 23.4 Å². The van der Waals surface area contributed by atoms with Crippen LogP contribution < -0.4 is 16.0 Å². The number of aryl methyl sites for hydroxylation is 3. The highest BCUT2D eigenvalue weighted by Gasteiger charge is 2.23. The lowest BCUT2D eigenvalue weighted by atomic mass is 10.0. The minimum absolute atomic E-state index is 0.165. The first kappa shape index (κ1) is 23.1. The molecule has 2 aromatic rings. The lowest BCUT2D eigenvalue weighted by molar-refractivity contribution is -0.125. The summed E-state index contributed by atoms with van der Waals surface area (Å²) in [6.07, 6.45) is 0.474. The zero-order valence-electron chi connectivity index (χ0n) is 18.3. The summed E-state index contributed by atoms with van der Waals surface area (Å²) in [4.78, 5) is 37.7. The topological polar surface area (TPSA) is 87.3 Å². The molecular formula is C24H31N3O3. The van der Waals surface area contributed by atoms with Gasteiger partial charge in [0.1, 0.15) is 6.04 Å². The predicted molar refractivity (Wildman–Crippen MR) is 119 cm³/mol. The number of amides is 3. The highest BCUT2D eigenvalue weighted by Crippen LogP contribution is 2.19. The molecular weight excluding hydrogens is 378 g/mol. The van der Waals surface area contributed by atoms with Crippen LogP contribution in [0.25, 0.3) is 0 Å². The fourth-order valence-corrected chi connectivity index (χ4v) is 3.25. The zero-order chi connectivity index (χ0) is 22.3. The molecule has 3 amide bonds. The standard InChI is InChI=1S/C24H31N3O3/c1-15(2)13-20(26-23(29)19-12-7-6-9-16(19)3)24(30)25-14-21(28)27-22-17(4)10-8-11-18(22)5/h6-12,15,20H,13-14H2,1-5H3,(H,25,30)(H,26,29)(H,27,28)/t20-/m0/s1. The van der Waals surface area contributed by atoms with E-state index in [0.717, 1.165) is 22.4 Å². The van der Waals surface area contributed by atoms with E-state index in [9.17, 15) is 14.4 Å². The number of anilines is 1. The van der Waals surface area contributed by atoms with Gasteiger partial charge in [-0.15, -0.1) is 0 Å². The smallest absolute Gasteiger partial charge is 0.252 e. The Bertz CT molecular complexity index is 901. The van der Waals surface area contributed by atoms with E-state index >= 15 is 0 Å². The largest absolute Gasteiger partial charge is 0.345 e. The number of hydrogen-bond acceptors (Lipinski definition) is 3. The van der Waals surface area contributed by atoms with Crippen molar-refractivity contribution in [3.8, 4) is 0 Å². The molecule has 30 heavy (non-hydrogen) atoms. The molecule has 6 nitrogen and oxygen atoms in total. The van der Waals surface area contributed by atoms with Gasteiger partial charge in [0.2, 0.25) is 11.8 Å². The summed E-state index contributed by atoms with van der Waals surface area (Å²) >= 11 is 0. The average Bonchev–Trinajstić information content (AvgIpc) is 2.68. The summed E-state index contributed by atoms with van der Waals surface area (Å²) in [6.45, 7) is 9.48. The first-order valence-corrected chi connectivity index (χ1v) is 10.2. The van der Waals surface area contributed by atoms with Crippen molar-refractivity contribution in [3.63, 3.8) is 0 Å². The molecule has 0 bridgehead atoms. The van der Waals surface area contributed by atoms with Crippen LogP contribution >= 0.6 is 0 Å². The molecule has 0 fully saturated rings. The van der Waals surface area contributed by atoms with Gasteiger partial charge in [0.15, 0.2) is 0 Å². The minimum atomic E-state index is -0.717. The van der Waals surface area contributed by atoms with Crippen molar-refractivity contribution in [2.45, 2.75) is 47.1 Å². The second-order valence-electron chi connectivity index (χ2n) is 8.00. The van der Waals surface area contributed by atoms with Crippen LogP contribution in [0.15, 0.2) is 42.5 Å². The van der Waals surface area contributed by atoms with Crippen LogP contribution in [0.1, 0.15) is 47.3 Å². The minimum Gasteiger partial charge on any atom is -0.345 e. The Morgan fingerprint density at radius 3 is 2.07 bits per heavy atom. The Morgan fingerprint density at radius 2 is 1.47 bits per heavy atom. The first-order chi connectivity index (χ1) is 14.2. The highest BCUT2D eigenvalue weighted by molar-refractivity contribution is 6.00. The molecule has 0 saturated carbocycles. The molecule has 0 saturated heterocycles. The van der Waals surface area contributed by atoms with Gasteiger partial charge in [-0.05, 0) is 55.9 Å². The predicted octanol–water partition coefficient (Wildman–Crippen LogP) is 3.51. The molecule has 0 unspecified atom stereocenters. The number of carbonyl (C=O) groups is 3. The van der Waals surface area contributed by atoms with E-state index in [4.69, 9.17) is 0 Å². The van der Waals surface area contributed by atoms with Gasteiger partial charge in [0, 0.05) is 11.3 Å². The maximum Gasteiger partial charge on any atom is 0.252 e. The van der Waals surface area contributed by atoms with Crippen LogP contribution in [0.5, 0.6) is 0 Å². The second-order valence-corrected chi connectivity index (χ2v) is 8.00. The molecule has 2 aromatic carbocycles. The van der Waals surface area contributed by atoms with Crippen molar-refractivity contribution in [2.75, 3.05) is 11.9 Å². The van der Waals surface area contributed by atoms with E-state index in [1.165, 1.54) is 0 Å². The molecule has 0 aliphatic heterocycles. The molecule has 0 spiro atoms. The Morgan fingerprint density at radius 1 is 0.867 bits per heavy atom. The van der Waals surface area contributed by atoms with Crippen LogP contribution in [-0.4, -0.2) is 30.3 Å². The van der Waals surface area contributed by atoms with Gasteiger partial charge in [-0.1, -0.05) is 50.2 Å². The summed E-state index contributed by atoms with van der Waals surface area (Å²) < 4.78 is 0. The maximum atomic E-state index is 12.7. The summed E-state index contributed by atoms with van der Waals surface area (Å²) in [7, 11) is 0. The van der Waals surface area contributed by atoms with Crippen molar-refractivity contribution in [3.05, 3.63) is 64.7 Å². The molecule has 0 aliphatic carbocycles. The number of carbonyl (C=O) groups excluding carboxylic acids is 3. The molecule has 160 valence electrons.